The van der Waals surface area contributed by atoms with Gasteiger partial charge in [-0.25, -0.2) is 0 Å². The van der Waals surface area contributed by atoms with Gasteiger partial charge in [0.1, 0.15) is 12.2 Å². The van der Waals surface area contributed by atoms with Crippen LogP contribution in [0.5, 0.6) is 0 Å². The Hall–Kier alpha value is -1.39. The molecule has 16 heavy (non-hydrogen) atoms. The summed E-state index contributed by atoms with van der Waals surface area (Å²) < 4.78 is 1.98. The van der Waals surface area contributed by atoms with Crippen molar-refractivity contribution < 1.29 is 4.79 Å². The fourth-order valence-electron chi connectivity index (χ4n) is 2.37. The van der Waals surface area contributed by atoms with Gasteiger partial charge < -0.3 is 9.47 Å². The molecule has 0 spiro atoms. The molecule has 0 N–H and O–H groups in total. The normalized spacial score (nSPS) is 19.8. The average molecular weight is 222 g/mol. The van der Waals surface area contributed by atoms with E-state index >= 15 is 0 Å². The Morgan fingerprint density at radius 1 is 1.44 bits per heavy atom. The molecule has 5 heteroatoms. The van der Waals surface area contributed by atoms with Crippen LogP contribution in [0.4, 0.5) is 0 Å². The number of carbonyl (C=O) groups excluding carboxylic acids is 1. The maximum Gasteiger partial charge on any atom is 0.219 e. The lowest BCUT2D eigenvalue weighted by atomic mass is 9.79. The molecule has 0 bridgehead atoms. The molecular weight excluding hydrogens is 204 g/mol. The smallest absolute Gasteiger partial charge is 0.219 e. The standard InChI is InChI=1S/C11H18N4O/c1-9(16)15-6-4-11(2,5-7-15)10-13-12-8-14(10)3/h8H,4-7H2,1-3H3. The van der Waals surface area contributed by atoms with Crippen molar-refractivity contribution in [2.45, 2.75) is 32.1 Å². The van der Waals surface area contributed by atoms with Crippen molar-refractivity contribution in [3.63, 3.8) is 0 Å². The topological polar surface area (TPSA) is 51.0 Å². The zero-order valence-electron chi connectivity index (χ0n) is 10.1. The first-order chi connectivity index (χ1) is 7.53. The minimum atomic E-state index is 0.0528. The quantitative estimate of drug-likeness (QED) is 0.703. The number of hydrogen-bond donors (Lipinski definition) is 0. The van der Waals surface area contributed by atoms with Crippen LogP contribution < -0.4 is 0 Å². The Kier molecular flexibility index (Phi) is 2.69. The molecule has 2 rings (SSSR count). The number of amides is 1. The van der Waals surface area contributed by atoms with Crippen LogP contribution in [0.3, 0.4) is 0 Å². The minimum absolute atomic E-state index is 0.0528. The molecule has 0 saturated carbocycles. The summed E-state index contributed by atoms with van der Waals surface area (Å²) in [6.45, 7) is 5.47. The van der Waals surface area contributed by atoms with Gasteiger partial charge in [-0.2, -0.15) is 0 Å². The number of nitrogens with zero attached hydrogens (tertiary/aromatic N) is 4. The first-order valence-electron chi connectivity index (χ1n) is 5.63. The van der Waals surface area contributed by atoms with Gasteiger partial charge >= 0.3 is 0 Å². The van der Waals surface area contributed by atoms with Crippen LogP contribution in [0.15, 0.2) is 6.33 Å². The third-order valence-corrected chi connectivity index (χ3v) is 3.56. The molecule has 1 aromatic rings. The summed E-state index contributed by atoms with van der Waals surface area (Å²) in [7, 11) is 1.97. The van der Waals surface area contributed by atoms with Crippen LogP contribution in [0.1, 0.15) is 32.5 Å². The van der Waals surface area contributed by atoms with E-state index in [1.807, 2.05) is 16.5 Å². The third kappa shape index (κ3) is 1.81. The molecule has 5 nitrogen and oxygen atoms in total. The Morgan fingerprint density at radius 2 is 2.06 bits per heavy atom. The van der Waals surface area contributed by atoms with Gasteiger partial charge in [-0.15, -0.1) is 10.2 Å². The lowest BCUT2D eigenvalue weighted by Crippen LogP contribution is -2.44. The second kappa shape index (κ2) is 3.88. The Balaban J connectivity index is 2.13. The SMILES string of the molecule is CC(=O)N1CCC(C)(c2nncn2C)CC1. The molecule has 0 atom stereocenters. The first-order valence-corrected chi connectivity index (χ1v) is 5.63. The highest BCUT2D eigenvalue weighted by Crippen LogP contribution is 2.33. The molecule has 0 aliphatic carbocycles. The van der Waals surface area contributed by atoms with Crippen LogP contribution in [-0.2, 0) is 17.3 Å². The van der Waals surface area contributed by atoms with E-state index in [9.17, 15) is 4.79 Å². The molecule has 0 aromatic carbocycles. The van der Waals surface area contributed by atoms with Crippen molar-refractivity contribution in [2.24, 2.45) is 7.05 Å². The molecule has 1 saturated heterocycles. The van der Waals surface area contributed by atoms with Crippen molar-refractivity contribution in [3.8, 4) is 0 Å². The largest absolute Gasteiger partial charge is 0.343 e. The van der Waals surface area contributed by atoms with Gasteiger partial charge in [0.15, 0.2) is 0 Å². The molecule has 0 unspecified atom stereocenters. The number of hydrogen-bond acceptors (Lipinski definition) is 3. The Labute approximate surface area is 95.5 Å². The van der Waals surface area contributed by atoms with E-state index in [1.165, 1.54) is 0 Å². The maximum absolute atomic E-state index is 11.3. The summed E-state index contributed by atoms with van der Waals surface area (Å²) in [6.07, 6.45) is 3.65. The van der Waals surface area contributed by atoms with Crippen molar-refractivity contribution >= 4 is 5.91 Å². The summed E-state index contributed by atoms with van der Waals surface area (Å²) in [5, 5.41) is 8.12. The van der Waals surface area contributed by atoms with E-state index < -0.39 is 0 Å². The second-order valence-electron chi connectivity index (χ2n) is 4.83. The molecular formula is C11H18N4O. The predicted molar refractivity (Wildman–Crippen MR) is 59.8 cm³/mol. The van der Waals surface area contributed by atoms with Crippen LogP contribution in [0.25, 0.3) is 0 Å². The highest BCUT2D eigenvalue weighted by Gasteiger charge is 2.35. The van der Waals surface area contributed by atoms with Gasteiger partial charge in [0.25, 0.3) is 0 Å². The third-order valence-electron chi connectivity index (χ3n) is 3.56. The predicted octanol–water partition coefficient (Wildman–Crippen LogP) is 0.715. The highest BCUT2D eigenvalue weighted by molar-refractivity contribution is 5.73. The van der Waals surface area contributed by atoms with Gasteiger partial charge in [-0.05, 0) is 12.8 Å². The van der Waals surface area contributed by atoms with Crippen LogP contribution >= 0.6 is 0 Å². The van der Waals surface area contributed by atoms with Crippen molar-refractivity contribution in [3.05, 3.63) is 12.2 Å². The van der Waals surface area contributed by atoms with Gasteiger partial charge in [0.05, 0.1) is 0 Å². The molecule has 1 aromatic heterocycles. The molecule has 1 aliphatic heterocycles. The summed E-state index contributed by atoms with van der Waals surface area (Å²) in [6, 6.07) is 0. The van der Waals surface area contributed by atoms with Crippen LogP contribution in [-0.4, -0.2) is 38.7 Å². The van der Waals surface area contributed by atoms with Gasteiger partial charge in [0, 0.05) is 32.5 Å². The Bertz CT molecular complexity index is 390. The Morgan fingerprint density at radius 3 is 2.50 bits per heavy atom. The summed E-state index contributed by atoms with van der Waals surface area (Å²) in [5.41, 5.74) is 0.0528. The maximum atomic E-state index is 11.3. The van der Waals surface area contributed by atoms with Crippen LogP contribution in [0, 0.1) is 0 Å². The average Bonchev–Trinajstić information content (AvgIpc) is 2.66. The van der Waals surface area contributed by atoms with E-state index in [-0.39, 0.29) is 11.3 Å². The molecule has 1 aliphatic rings. The van der Waals surface area contributed by atoms with Gasteiger partial charge in [-0.3, -0.25) is 4.79 Å². The summed E-state index contributed by atoms with van der Waals surface area (Å²) in [5.74, 6) is 1.19. The fourth-order valence-corrected chi connectivity index (χ4v) is 2.37. The zero-order valence-corrected chi connectivity index (χ0v) is 10.1. The molecule has 88 valence electrons. The number of rotatable bonds is 1. The second-order valence-corrected chi connectivity index (χ2v) is 4.83. The van der Waals surface area contributed by atoms with E-state index in [2.05, 4.69) is 17.1 Å². The highest BCUT2D eigenvalue weighted by atomic mass is 16.2. The van der Waals surface area contributed by atoms with Crippen molar-refractivity contribution in [2.75, 3.05) is 13.1 Å². The van der Waals surface area contributed by atoms with Crippen molar-refractivity contribution in [1.29, 1.82) is 0 Å². The van der Waals surface area contributed by atoms with E-state index in [1.54, 1.807) is 13.3 Å². The van der Waals surface area contributed by atoms with Crippen LogP contribution in [0.2, 0.25) is 0 Å². The zero-order chi connectivity index (χ0) is 11.8. The monoisotopic (exact) mass is 222 g/mol. The number of aromatic nitrogens is 3. The number of carbonyl (C=O) groups is 1. The first kappa shape index (κ1) is 11.1. The fraction of sp³-hybridized carbons (Fsp3) is 0.727. The number of aryl methyl sites for hydroxylation is 1. The van der Waals surface area contributed by atoms with E-state index in [0.29, 0.717) is 0 Å². The van der Waals surface area contributed by atoms with Gasteiger partial charge in [0.2, 0.25) is 5.91 Å². The lowest BCUT2D eigenvalue weighted by molar-refractivity contribution is -0.130. The molecule has 0 radical (unpaired) electrons. The van der Waals surface area contributed by atoms with Gasteiger partial charge in [-0.1, -0.05) is 6.92 Å². The van der Waals surface area contributed by atoms with Crippen molar-refractivity contribution in [1.82, 2.24) is 19.7 Å². The van der Waals surface area contributed by atoms with E-state index in [4.69, 9.17) is 0 Å². The molecule has 1 fully saturated rings. The summed E-state index contributed by atoms with van der Waals surface area (Å²) in [4.78, 5) is 13.2. The number of piperidine rings is 1. The van der Waals surface area contributed by atoms with E-state index in [0.717, 1.165) is 31.8 Å². The molecule has 1 amide bonds. The lowest BCUT2D eigenvalue weighted by Gasteiger charge is -2.38. The molecule has 2 heterocycles. The number of likely N-dealkylation sites (tertiary alicyclic amines) is 1. The summed E-state index contributed by atoms with van der Waals surface area (Å²) >= 11 is 0. The minimum Gasteiger partial charge on any atom is -0.343 e.